The van der Waals surface area contributed by atoms with Crippen LogP contribution in [0.15, 0.2) is 194 Å². The van der Waals surface area contributed by atoms with E-state index in [0.717, 1.165) is 11.4 Å². The van der Waals surface area contributed by atoms with Crippen LogP contribution in [0.2, 0.25) is 0 Å². The van der Waals surface area contributed by atoms with E-state index in [0.29, 0.717) is 0 Å². The van der Waals surface area contributed by atoms with Gasteiger partial charge in [0.1, 0.15) is 0 Å². The second-order valence-corrected chi connectivity index (χ2v) is 14.5. The first kappa shape index (κ1) is 29.5. The molecule has 0 amide bonds. The van der Waals surface area contributed by atoms with Gasteiger partial charge in [-0.2, -0.15) is 0 Å². The van der Waals surface area contributed by atoms with E-state index in [1.54, 1.807) is 0 Å². The lowest BCUT2D eigenvalue weighted by molar-refractivity contribution is 1.17. The van der Waals surface area contributed by atoms with Gasteiger partial charge in [-0.1, -0.05) is 152 Å². The molecule has 10 aromatic rings. The number of para-hydroxylation sites is 4. The Morgan fingerprint density at radius 2 is 1.00 bits per heavy atom. The van der Waals surface area contributed by atoms with Crippen LogP contribution in [-0.4, -0.2) is 15.9 Å². The average molecular weight is 686 g/mol. The first-order valence-corrected chi connectivity index (χ1v) is 18.7. The van der Waals surface area contributed by atoms with Gasteiger partial charge in [-0.25, -0.2) is 0 Å². The maximum atomic E-state index is 2.68. The molecule has 0 atom stereocenters. The van der Waals surface area contributed by atoms with E-state index in [-0.39, 0.29) is 6.85 Å². The first-order chi connectivity index (χ1) is 26.8. The lowest BCUT2D eigenvalue weighted by Gasteiger charge is -2.41. The van der Waals surface area contributed by atoms with E-state index in [1.807, 2.05) is 0 Å². The van der Waals surface area contributed by atoms with Gasteiger partial charge in [0.25, 0.3) is 0 Å². The predicted octanol–water partition coefficient (Wildman–Crippen LogP) is 11.5. The normalized spacial score (nSPS) is 12.7. The first-order valence-electron chi connectivity index (χ1n) is 18.7. The van der Waals surface area contributed by atoms with Crippen LogP contribution in [0.25, 0.3) is 71.9 Å². The monoisotopic (exact) mass is 685 g/mol. The highest BCUT2D eigenvalue weighted by atomic mass is 15.2. The largest absolute Gasteiger partial charge is 0.375 e. The molecule has 4 heterocycles. The summed E-state index contributed by atoms with van der Waals surface area (Å²) in [4.78, 5) is 2.50. The molecule has 0 spiro atoms. The summed E-state index contributed by atoms with van der Waals surface area (Å²) in [6.45, 7) is -0.0524. The molecule has 2 aliphatic heterocycles. The molecule has 12 rings (SSSR count). The summed E-state index contributed by atoms with van der Waals surface area (Å²) in [5.41, 5.74) is 18.6. The fourth-order valence-corrected chi connectivity index (χ4v) is 9.59. The number of rotatable bonds is 4. The van der Waals surface area contributed by atoms with Crippen molar-refractivity contribution in [1.29, 1.82) is 0 Å². The van der Waals surface area contributed by atoms with Crippen molar-refractivity contribution in [1.82, 2.24) is 9.05 Å². The van der Waals surface area contributed by atoms with E-state index in [4.69, 9.17) is 0 Å². The molecule has 250 valence electrons. The quantitative estimate of drug-likeness (QED) is 0.168. The van der Waals surface area contributed by atoms with Crippen molar-refractivity contribution >= 4 is 67.5 Å². The Labute approximate surface area is 313 Å². The molecule has 0 radical (unpaired) electrons. The minimum atomic E-state index is -0.0524. The van der Waals surface area contributed by atoms with E-state index in [1.165, 1.54) is 88.5 Å². The van der Waals surface area contributed by atoms with Crippen LogP contribution in [0.5, 0.6) is 0 Å². The maximum absolute atomic E-state index is 2.68. The van der Waals surface area contributed by atoms with Crippen molar-refractivity contribution < 1.29 is 0 Å². The summed E-state index contributed by atoms with van der Waals surface area (Å²) in [5, 5.41) is 3.81. The fourth-order valence-electron chi connectivity index (χ4n) is 9.59. The number of benzene rings is 8. The summed E-state index contributed by atoms with van der Waals surface area (Å²) in [5.74, 6) is 0. The van der Waals surface area contributed by atoms with Crippen LogP contribution in [0.4, 0.5) is 17.1 Å². The Morgan fingerprint density at radius 3 is 1.72 bits per heavy atom. The predicted molar refractivity (Wildman–Crippen MR) is 228 cm³/mol. The minimum absolute atomic E-state index is 0.0524. The van der Waals surface area contributed by atoms with Gasteiger partial charge in [-0.3, -0.25) is 0 Å². The molecule has 54 heavy (non-hydrogen) atoms. The molecule has 8 aromatic carbocycles. The van der Waals surface area contributed by atoms with Crippen LogP contribution >= 0.6 is 0 Å². The van der Waals surface area contributed by atoms with Gasteiger partial charge in [0, 0.05) is 61.2 Å². The number of hydrogen-bond donors (Lipinski definition) is 0. The summed E-state index contributed by atoms with van der Waals surface area (Å²) in [6.07, 6.45) is 0. The van der Waals surface area contributed by atoms with Gasteiger partial charge in [-0.05, 0) is 70.1 Å². The molecular weight excluding hydrogens is 653 g/mol. The maximum Gasteiger partial charge on any atom is 0.333 e. The smallest absolute Gasteiger partial charge is 0.333 e. The Hall–Kier alpha value is -7.04. The molecule has 0 N–H and O–H groups in total. The summed E-state index contributed by atoms with van der Waals surface area (Å²) in [6, 6.07) is 71.4. The summed E-state index contributed by atoms with van der Waals surface area (Å²) in [7, 11) is 0. The van der Waals surface area contributed by atoms with Gasteiger partial charge >= 0.3 is 6.85 Å². The SMILES string of the molecule is c1ccc(-c2c(-c3ccccc3)n3c4c(cccc24)-c2cccc4c2B3c2ccc(-n3c5ccccc5c5ccccc53)cc2N4c2ccccc2)cc1. The number of anilines is 3. The highest BCUT2D eigenvalue weighted by molar-refractivity contribution is 6.89. The zero-order valence-electron chi connectivity index (χ0n) is 29.4. The minimum Gasteiger partial charge on any atom is -0.375 e. The number of aromatic nitrogens is 2. The van der Waals surface area contributed by atoms with Gasteiger partial charge in [0.2, 0.25) is 0 Å². The molecular formula is C50H32BN3. The van der Waals surface area contributed by atoms with Crippen molar-refractivity contribution in [3.05, 3.63) is 194 Å². The van der Waals surface area contributed by atoms with Crippen LogP contribution in [-0.2, 0) is 0 Å². The molecule has 0 unspecified atom stereocenters. The van der Waals surface area contributed by atoms with Crippen LogP contribution in [0.3, 0.4) is 0 Å². The second-order valence-electron chi connectivity index (χ2n) is 14.5. The van der Waals surface area contributed by atoms with E-state index in [2.05, 4.69) is 208 Å². The van der Waals surface area contributed by atoms with Crippen molar-refractivity contribution in [3.8, 4) is 39.2 Å². The van der Waals surface area contributed by atoms with Crippen molar-refractivity contribution in [2.45, 2.75) is 0 Å². The Kier molecular flexibility index (Phi) is 6.14. The highest BCUT2D eigenvalue weighted by Gasteiger charge is 2.43. The third-order valence-corrected chi connectivity index (χ3v) is 11.7. The molecule has 0 aliphatic carbocycles. The van der Waals surface area contributed by atoms with Crippen molar-refractivity contribution in [2.75, 3.05) is 4.90 Å². The van der Waals surface area contributed by atoms with Crippen LogP contribution < -0.4 is 15.8 Å². The molecule has 0 bridgehead atoms. The number of hydrogen-bond acceptors (Lipinski definition) is 1. The Bertz CT molecular complexity index is 3050. The van der Waals surface area contributed by atoms with Crippen molar-refractivity contribution in [2.24, 2.45) is 0 Å². The third kappa shape index (κ3) is 3.97. The van der Waals surface area contributed by atoms with Crippen LogP contribution in [0, 0.1) is 0 Å². The fraction of sp³-hybridized carbons (Fsp3) is 0. The lowest BCUT2D eigenvalue weighted by atomic mass is 9.45. The topological polar surface area (TPSA) is 13.1 Å². The molecule has 2 aromatic heterocycles. The highest BCUT2D eigenvalue weighted by Crippen LogP contribution is 2.49. The molecule has 0 saturated heterocycles. The van der Waals surface area contributed by atoms with Crippen LogP contribution in [0.1, 0.15) is 0 Å². The summed E-state index contributed by atoms with van der Waals surface area (Å²) >= 11 is 0. The lowest BCUT2D eigenvalue weighted by Crippen LogP contribution is -2.56. The van der Waals surface area contributed by atoms with E-state index in [9.17, 15) is 0 Å². The third-order valence-electron chi connectivity index (χ3n) is 11.7. The zero-order chi connectivity index (χ0) is 35.3. The second kappa shape index (κ2) is 11.2. The van der Waals surface area contributed by atoms with Gasteiger partial charge in [0.05, 0.1) is 11.0 Å². The van der Waals surface area contributed by atoms with E-state index < -0.39 is 0 Å². The standard InChI is InChI=1S/C50H32BN3/c1-4-16-33(17-5-1)47-41-26-14-25-40-39-24-15-29-45-48(39)51(54(50(40)41)49(47)34-18-6-2-7-19-34)42-31-30-36(32-46(42)52(45)35-20-8-3-9-21-35)53-43-27-12-10-22-37(43)38-23-11-13-28-44(38)53/h1-32H. The molecule has 2 aliphatic rings. The van der Waals surface area contributed by atoms with Crippen molar-refractivity contribution in [3.63, 3.8) is 0 Å². The van der Waals surface area contributed by atoms with Gasteiger partial charge in [-0.15, -0.1) is 0 Å². The number of fused-ring (bicyclic) bond motifs is 7. The van der Waals surface area contributed by atoms with Gasteiger partial charge < -0.3 is 13.9 Å². The average Bonchev–Trinajstić information content (AvgIpc) is 3.77. The summed E-state index contributed by atoms with van der Waals surface area (Å²) < 4.78 is 5.11. The number of nitrogens with zero attached hydrogens (tertiary/aromatic N) is 3. The zero-order valence-corrected chi connectivity index (χ0v) is 29.4. The van der Waals surface area contributed by atoms with Gasteiger partial charge in [0.15, 0.2) is 0 Å². The van der Waals surface area contributed by atoms with E-state index >= 15 is 0 Å². The molecule has 3 nitrogen and oxygen atoms in total. The molecule has 0 fully saturated rings. The molecule has 0 saturated carbocycles. The molecule has 4 heteroatoms. The Morgan fingerprint density at radius 1 is 0.407 bits per heavy atom. The Balaban J connectivity index is 1.22.